The highest BCUT2D eigenvalue weighted by Gasteiger charge is 2.31. The van der Waals surface area contributed by atoms with E-state index in [-0.39, 0.29) is 11.9 Å². The molecule has 1 amide bonds. The van der Waals surface area contributed by atoms with Crippen LogP contribution in [0.2, 0.25) is 0 Å². The third-order valence-corrected chi connectivity index (χ3v) is 4.91. The molecule has 0 radical (unpaired) electrons. The van der Waals surface area contributed by atoms with E-state index in [1.165, 1.54) is 6.33 Å². The van der Waals surface area contributed by atoms with Crippen LogP contribution in [-0.2, 0) is 7.05 Å². The average Bonchev–Trinajstić information content (AvgIpc) is 3.34. The number of hydrogen-bond donors (Lipinski definition) is 1. The molecular weight excluding hydrogens is 330 g/mol. The maximum absolute atomic E-state index is 12.9. The molecule has 1 atom stereocenters. The van der Waals surface area contributed by atoms with Crippen LogP contribution in [-0.4, -0.2) is 67.1 Å². The summed E-state index contributed by atoms with van der Waals surface area (Å²) in [4.78, 5) is 25.7. The molecule has 1 aliphatic rings. The summed E-state index contributed by atoms with van der Waals surface area (Å²) >= 11 is 0. The minimum Gasteiger partial charge on any atom is -0.337 e. The molecule has 0 spiro atoms. The van der Waals surface area contributed by atoms with Gasteiger partial charge in [0.05, 0.1) is 6.04 Å². The molecular formula is C18H21N7O. The third-order valence-electron chi connectivity index (χ3n) is 4.91. The van der Waals surface area contributed by atoms with Gasteiger partial charge in [0.15, 0.2) is 5.82 Å². The molecule has 2 aromatic heterocycles. The van der Waals surface area contributed by atoms with Gasteiger partial charge in [0.25, 0.3) is 5.91 Å². The highest BCUT2D eigenvalue weighted by molar-refractivity contribution is 5.94. The van der Waals surface area contributed by atoms with E-state index in [0.29, 0.717) is 24.5 Å². The topological polar surface area (TPSA) is 82.9 Å². The summed E-state index contributed by atoms with van der Waals surface area (Å²) in [6.45, 7) is 2.16. The van der Waals surface area contributed by atoms with Crippen molar-refractivity contribution in [3.8, 4) is 11.4 Å². The lowest BCUT2D eigenvalue weighted by atomic mass is 10.1. The smallest absolute Gasteiger partial charge is 0.253 e. The summed E-state index contributed by atoms with van der Waals surface area (Å²) in [5.74, 6) is 1.71. The molecule has 1 N–H and O–H groups in total. The summed E-state index contributed by atoms with van der Waals surface area (Å²) in [7, 11) is 4.06. The van der Waals surface area contributed by atoms with Gasteiger partial charge in [-0.1, -0.05) is 12.1 Å². The number of likely N-dealkylation sites (N-methyl/N-ethyl adjacent to an activating group) is 1. The van der Waals surface area contributed by atoms with Crippen LogP contribution < -0.4 is 0 Å². The van der Waals surface area contributed by atoms with Gasteiger partial charge >= 0.3 is 0 Å². The van der Waals surface area contributed by atoms with E-state index < -0.39 is 0 Å². The molecule has 1 aliphatic heterocycles. The number of H-pyrrole nitrogens is 1. The Bertz CT molecular complexity index is 885. The number of piperazine rings is 1. The van der Waals surface area contributed by atoms with Gasteiger partial charge in [-0.05, 0) is 19.2 Å². The van der Waals surface area contributed by atoms with Crippen molar-refractivity contribution in [3.05, 3.63) is 54.4 Å². The quantitative estimate of drug-likeness (QED) is 0.770. The first-order valence-electron chi connectivity index (χ1n) is 8.56. The number of carbonyl (C=O) groups is 1. The number of aromatic amines is 1. The molecule has 0 bridgehead atoms. The summed E-state index contributed by atoms with van der Waals surface area (Å²) < 4.78 is 2.02. The van der Waals surface area contributed by atoms with Crippen LogP contribution >= 0.6 is 0 Å². The molecule has 3 aromatic rings. The second kappa shape index (κ2) is 6.72. The molecule has 134 valence electrons. The Morgan fingerprint density at radius 1 is 1.15 bits per heavy atom. The lowest BCUT2D eigenvalue weighted by molar-refractivity contribution is 0.0529. The number of aryl methyl sites for hydroxylation is 1. The lowest BCUT2D eigenvalue weighted by Gasteiger charge is -2.39. The number of rotatable bonds is 3. The van der Waals surface area contributed by atoms with E-state index >= 15 is 0 Å². The first kappa shape index (κ1) is 16.5. The van der Waals surface area contributed by atoms with Crippen molar-refractivity contribution in [2.75, 3.05) is 26.7 Å². The largest absolute Gasteiger partial charge is 0.337 e. The zero-order chi connectivity index (χ0) is 18.1. The van der Waals surface area contributed by atoms with Gasteiger partial charge in [-0.25, -0.2) is 9.97 Å². The number of hydrogen-bond acceptors (Lipinski definition) is 5. The minimum atomic E-state index is 0.0430. The number of amides is 1. The van der Waals surface area contributed by atoms with Gasteiger partial charge in [0, 0.05) is 50.2 Å². The van der Waals surface area contributed by atoms with Crippen LogP contribution in [0.3, 0.4) is 0 Å². The molecule has 0 aliphatic carbocycles. The second-order valence-corrected chi connectivity index (χ2v) is 6.56. The van der Waals surface area contributed by atoms with E-state index in [0.717, 1.165) is 17.9 Å². The summed E-state index contributed by atoms with van der Waals surface area (Å²) in [6, 6.07) is 7.56. The van der Waals surface area contributed by atoms with E-state index in [4.69, 9.17) is 0 Å². The molecule has 1 saturated heterocycles. The Balaban J connectivity index is 1.52. The zero-order valence-electron chi connectivity index (χ0n) is 14.8. The maximum Gasteiger partial charge on any atom is 0.253 e. The fraction of sp³-hybridized carbons (Fsp3) is 0.333. The van der Waals surface area contributed by atoms with Crippen LogP contribution in [0, 0.1) is 0 Å². The highest BCUT2D eigenvalue weighted by Crippen LogP contribution is 2.24. The van der Waals surface area contributed by atoms with E-state index in [1.54, 1.807) is 6.20 Å². The number of carbonyl (C=O) groups excluding carboxylic acids is 1. The number of nitrogens with zero attached hydrogens (tertiary/aromatic N) is 6. The van der Waals surface area contributed by atoms with Crippen molar-refractivity contribution in [2.24, 2.45) is 7.05 Å². The van der Waals surface area contributed by atoms with Crippen molar-refractivity contribution in [2.45, 2.75) is 6.04 Å². The second-order valence-electron chi connectivity index (χ2n) is 6.56. The Hall–Kier alpha value is -3.00. The minimum absolute atomic E-state index is 0.0430. The SMILES string of the molecule is CN1CCN(C(=O)c2ccc(-c3ncn[nH]3)cc2)CC1c1nccn1C. The van der Waals surface area contributed by atoms with Gasteiger partial charge in [-0.3, -0.25) is 14.8 Å². The van der Waals surface area contributed by atoms with Crippen molar-refractivity contribution in [1.82, 2.24) is 34.5 Å². The highest BCUT2D eigenvalue weighted by atomic mass is 16.2. The predicted octanol–water partition coefficient (Wildman–Crippen LogP) is 1.33. The zero-order valence-corrected chi connectivity index (χ0v) is 14.8. The average molecular weight is 351 g/mol. The number of aromatic nitrogens is 5. The predicted molar refractivity (Wildman–Crippen MR) is 96.3 cm³/mol. The Labute approximate surface area is 151 Å². The van der Waals surface area contributed by atoms with Gasteiger partial charge in [-0.15, -0.1) is 0 Å². The molecule has 1 aromatic carbocycles. The molecule has 8 heteroatoms. The van der Waals surface area contributed by atoms with Crippen LogP contribution in [0.15, 0.2) is 43.0 Å². The van der Waals surface area contributed by atoms with Gasteiger partial charge in [-0.2, -0.15) is 5.10 Å². The van der Waals surface area contributed by atoms with Gasteiger partial charge in [0.1, 0.15) is 12.2 Å². The van der Waals surface area contributed by atoms with Crippen molar-refractivity contribution in [1.29, 1.82) is 0 Å². The summed E-state index contributed by atoms with van der Waals surface area (Å²) in [5, 5.41) is 6.68. The maximum atomic E-state index is 12.9. The summed E-state index contributed by atoms with van der Waals surface area (Å²) in [5.41, 5.74) is 1.58. The van der Waals surface area contributed by atoms with Gasteiger partial charge < -0.3 is 9.47 Å². The molecule has 8 nitrogen and oxygen atoms in total. The monoisotopic (exact) mass is 351 g/mol. The van der Waals surface area contributed by atoms with Crippen LogP contribution in [0.1, 0.15) is 22.2 Å². The van der Waals surface area contributed by atoms with Crippen molar-refractivity contribution in [3.63, 3.8) is 0 Å². The Morgan fingerprint density at radius 2 is 1.96 bits per heavy atom. The fourth-order valence-electron chi connectivity index (χ4n) is 3.33. The van der Waals surface area contributed by atoms with Crippen LogP contribution in [0.4, 0.5) is 0 Å². The Morgan fingerprint density at radius 3 is 2.62 bits per heavy atom. The van der Waals surface area contributed by atoms with Crippen LogP contribution in [0.5, 0.6) is 0 Å². The molecule has 4 rings (SSSR count). The normalized spacial score (nSPS) is 18.2. The first-order valence-corrected chi connectivity index (χ1v) is 8.56. The standard InChI is InChI=1S/C18H21N7O/c1-23-9-10-25(11-15(23)17-19-7-8-24(17)2)18(26)14-5-3-13(4-6-14)16-20-12-21-22-16/h3-8,12,15H,9-11H2,1-2H3,(H,20,21,22). The van der Waals surface area contributed by atoms with E-state index in [1.807, 2.05) is 47.0 Å². The molecule has 1 fully saturated rings. The summed E-state index contributed by atoms with van der Waals surface area (Å²) in [6.07, 6.45) is 5.20. The first-order chi connectivity index (χ1) is 12.6. The van der Waals surface area contributed by atoms with Crippen molar-refractivity contribution < 1.29 is 4.79 Å². The lowest BCUT2D eigenvalue weighted by Crippen LogP contribution is -2.49. The number of benzene rings is 1. The third kappa shape index (κ3) is 2.99. The molecule has 26 heavy (non-hydrogen) atoms. The number of nitrogens with one attached hydrogen (secondary N) is 1. The molecule has 3 heterocycles. The Kier molecular flexibility index (Phi) is 4.26. The van der Waals surface area contributed by atoms with Crippen molar-refractivity contribution >= 4 is 5.91 Å². The van der Waals surface area contributed by atoms with E-state index in [9.17, 15) is 4.79 Å². The van der Waals surface area contributed by atoms with Crippen LogP contribution in [0.25, 0.3) is 11.4 Å². The van der Waals surface area contributed by atoms with Gasteiger partial charge in [0.2, 0.25) is 0 Å². The number of imidazole rings is 1. The molecule has 0 saturated carbocycles. The van der Waals surface area contributed by atoms with E-state index in [2.05, 4.69) is 32.1 Å². The fourth-order valence-corrected chi connectivity index (χ4v) is 3.33. The molecule has 1 unspecified atom stereocenters.